The summed E-state index contributed by atoms with van der Waals surface area (Å²) in [6.07, 6.45) is 1.98. The summed E-state index contributed by atoms with van der Waals surface area (Å²) < 4.78 is 0. The molecule has 0 spiro atoms. The maximum Gasteiger partial charge on any atom is 0.336 e. The van der Waals surface area contributed by atoms with Crippen molar-refractivity contribution in [3.05, 3.63) is 29.8 Å². The molecule has 1 amide bonds. The van der Waals surface area contributed by atoms with Gasteiger partial charge >= 0.3 is 5.97 Å². The number of carboxylic acids is 1. The lowest BCUT2D eigenvalue weighted by Crippen LogP contribution is -2.31. The zero-order valence-electron chi connectivity index (χ0n) is 11.2. The van der Waals surface area contributed by atoms with Gasteiger partial charge in [0.05, 0.1) is 10.8 Å². The number of carbonyl (C=O) groups excluding carboxylic acids is 1. The maximum absolute atomic E-state index is 11.8. The van der Waals surface area contributed by atoms with Gasteiger partial charge in [-0.3, -0.25) is 4.79 Å². The van der Waals surface area contributed by atoms with Crippen molar-refractivity contribution in [1.82, 2.24) is 5.32 Å². The summed E-state index contributed by atoms with van der Waals surface area (Å²) in [4.78, 5) is 23.5. The summed E-state index contributed by atoms with van der Waals surface area (Å²) >= 11 is 1.27. The van der Waals surface area contributed by atoms with Crippen LogP contribution in [0.5, 0.6) is 0 Å². The molecule has 0 aliphatic carbocycles. The normalized spacial score (nSPS) is 11.9. The van der Waals surface area contributed by atoms with Gasteiger partial charge in [0.2, 0.25) is 5.91 Å². The third kappa shape index (κ3) is 4.95. The number of unbranched alkanes of at least 4 members (excludes halogenated alkanes) is 1. The quantitative estimate of drug-likeness (QED) is 0.596. The Kier molecular flexibility index (Phi) is 6.42. The minimum Gasteiger partial charge on any atom is -0.478 e. The molecule has 0 heterocycles. The molecule has 2 N–H and O–H groups in total. The van der Waals surface area contributed by atoms with E-state index in [0.717, 1.165) is 12.8 Å². The van der Waals surface area contributed by atoms with Crippen molar-refractivity contribution in [1.29, 1.82) is 0 Å². The Morgan fingerprint density at radius 2 is 2.05 bits per heavy atom. The number of carboxylic acid groups (broad SMARTS) is 1. The molecule has 0 aliphatic rings. The Labute approximate surface area is 117 Å². The van der Waals surface area contributed by atoms with E-state index in [2.05, 4.69) is 12.2 Å². The van der Waals surface area contributed by atoms with Crippen LogP contribution < -0.4 is 5.32 Å². The van der Waals surface area contributed by atoms with E-state index in [4.69, 9.17) is 5.11 Å². The van der Waals surface area contributed by atoms with Crippen LogP contribution in [0.15, 0.2) is 29.2 Å². The molecule has 0 radical (unpaired) electrons. The summed E-state index contributed by atoms with van der Waals surface area (Å²) in [5.41, 5.74) is 0.237. The molecule has 1 unspecified atom stereocenters. The summed E-state index contributed by atoms with van der Waals surface area (Å²) in [5, 5.41) is 11.6. The van der Waals surface area contributed by atoms with Gasteiger partial charge in [-0.15, -0.1) is 11.8 Å². The maximum atomic E-state index is 11.8. The van der Waals surface area contributed by atoms with E-state index in [1.54, 1.807) is 31.2 Å². The van der Waals surface area contributed by atoms with Crippen LogP contribution >= 0.6 is 11.8 Å². The third-order valence-electron chi connectivity index (χ3n) is 2.62. The van der Waals surface area contributed by atoms with Crippen molar-refractivity contribution in [3.63, 3.8) is 0 Å². The monoisotopic (exact) mass is 281 g/mol. The number of aromatic carboxylic acids is 1. The summed E-state index contributed by atoms with van der Waals surface area (Å²) in [5.74, 6) is -1.03. The zero-order valence-corrected chi connectivity index (χ0v) is 12.0. The number of thioether (sulfide) groups is 1. The van der Waals surface area contributed by atoms with Gasteiger partial charge < -0.3 is 10.4 Å². The average molecular weight is 281 g/mol. The minimum absolute atomic E-state index is 0.0568. The fourth-order valence-electron chi connectivity index (χ4n) is 1.52. The van der Waals surface area contributed by atoms with Crippen LogP contribution in [-0.4, -0.2) is 28.8 Å². The van der Waals surface area contributed by atoms with E-state index in [1.807, 2.05) is 0 Å². The Balaban J connectivity index is 2.63. The summed E-state index contributed by atoms with van der Waals surface area (Å²) in [6.45, 7) is 4.51. The van der Waals surface area contributed by atoms with E-state index in [0.29, 0.717) is 11.4 Å². The number of rotatable bonds is 7. The largest absolute Gasteiger partial charge is 0.478 e. The van der Waals surface area contributed by atoms with Crippen molar-refractivity contribution in [3.8, 4) is 0 Å². The smallest absolute Gasteiger partial charge is 0.336 e. The van der Waals surface area contributed by atoms with Crippen molar-refractivity contribution in [2.24, 2.45) is 0 Å². The number of benzene rings is 1. The predicted octanol–water partition coefficient (Wildman–Crippen LogP) is 2.78. The first kappa shape index (κ1) is 15.6. The van der Waals surface area contributed by atoms with Gasteiger partial charge in [0.1, 0.15) is 0 Å². The molecule has 1 aromatic carbocycles. The third-order valence-corrected chi connectivity index (χ3v) is 3.80. The highest BCUT2D eigenvalue weighted by molar-refractivity contribution is 8.00. The molecular formula is C14H19NO3S. The lowest BCUT2D eigenvalue weighted by molar-refractivity contribution is -0.120. The van der Waals surface area contributed by atoms with Gasteiger partial charge in [0, 0.05) is 11.4 Å². The SMILES string of the molecule is CCCCNC(=O)C(C)Sc1ccccc1C(=O)O. The molecule has 19 heavy (non-hydrogen) atoms. The van der Waals surface area contributed by atoms with E-state index >= 15 is 0 Å². The standard InChI is InChI=1S/C14H19NO3S/c1-3-4-9-15-13(16)10(2)19-12-8-6-5-7-11(12)14(17)18/h5-8,10H,3-4,9H2,1-2H3,(H,15,16)(H,17,18). The fourth-order valence-corrected chi connectivity index (χ4v) is 2.53. The second-order valence-electron chi connectivity index (χ2n) is 4.21. The lowest BCUT2D eigenvalue weighted by atomic mass is 10.2. The van der Waals surface area contributed by atoms with Crippen LogP contribution in [0.3, 0.4) is 0 Å². The van der Waals surface area contributed by atoms with Crippen molar-refractivity contribution in [2.45, 2.75) is 36.8 Å². The molecule has 0 aromatic heterocycles. The second-order valence-corrected chi connectivity index (χ2v) is 5.59. The van der Waals surface area contributed by atoms with Gasteiger partial charge in [-0.1, -0.05) is 25.5 Å². The first-order chi connectivity index (χ1) is 9.06. The van der Waals surface area contributed by atoms with Crippen LogP contribution in [0.1, 0.15) is 37.0 Å². The minimum atomic E-state index is -0.971. The molecule has 1 atom stereocenters. The molecule has 0 fully saturated rings. The Bertz CT molecular complexity index is 448. The lowest BCUT2D eigenvalue weighted by Gasteiger charge is -2.13. The van der Waals surface area contributed by atoms with Crippen LogP contribution in [-0.2, 0) is 4.79 Å². The van der Waals surface area contributed by atoms with Gasteiger partial charge in [0.15, 0.2) is 0 Å². The first-order valence-corrected chi connectivity index (χ1v) is 7.21. The number of nitrogens with one attached hydrogen (secondary N) is 1. The second kappa shape index (κ2) is 7.84. The summed E-state index contributed by atoms with van der Waals surface area (Å²) in [6, 6.07) is 6.73. The van der Waals surface area contributed by atoms with E-state index < -0.39 is 5.97 Å². The van der Waals surface area contributed by atoms with Crippen LogP contribution in [0.25, 0.3) is 0 Å². The van der Waals surface area contributed by atoms with E-state index in [9.17, 15) is 9.59 Å². The molecule has 5 heteroatoms. The van der Waals surface area contributed by atoms with E-state index in [-0.39, 0.29) is 16.7 Å². The van der Waals surface area contributed by atoms with Crippen LogP contribution in [0, 0.1) is 0 Å². The number of carbonyl (C=O) groups is 2. The first-order valence-electron chi connectivity index (χ1n) is 6.33. The van der Waals surface area contributed by atoms with Gasteiger partial charge in [-0.05, 0) is 25.5 Å². The van der Waals surface area contributed by atoms with Crippen LogP contribution in [0.4, 0.5) is 0 Å². The van der Waals surface area contributed by atoms with E-state index in [1.165, 1.54) is 11.8 Å². The number of hydrogen-bond donors (Lipinski definition) is 2. The highest BCUT2D eigenvalue weighted by Crippen LogP contribution is 2.26. The highest BCUT2D eigenvalue weighted by Gasteiger charge is 2.17. The fraction of sp³-hybridized carbons (Fsp3) is 0.429. The Morgan fingerprint density at radius 1 is 1.37 bits per heavy atom. The van der Waals surface area contributed by atoms with Gasteiger partial charge in [-0.2, -0.15) is 0 Å². The van der Waals surface area contributed by atoms with Gasteiger partial charge in [-0.25, -0.2) is 4.79 Å². The molecule has 0 saturated heterocycles. The van der Waals surface area contributed by atoms with Crippen molar-refractivity contribution in [2.75, 3.05) is 6.54 Å². The molecule has 4 nitrogen and oxygen atoms in total. The van der Waals surface area contributed by atoms with Crippen LogP contribution in [0.2, 0.25) is 0 Å². The number of amides is 1. The highest BCUT2D eigenvalue weighted by atomic mass is 32.2. The molecular weight excluding hydrogens is 262 g/mol. The Morgan fingerprint density at radius 3 is 2.68 bits per heavy atom. The molecule has 1 aromatic rings. The Hall–Kier alpha value is -1.49. The number of hydrogen-bond acceptors (Lipinski definition) is 3. The molecule has 1 rings (SSSR count). The molecule has 104 valence electrons. The average Bonchev–Trinajstić information content (AvgIpc) is 2.39. The summed E-state index contributed by atoms with van der Waals surface area (Å²) in [7, 11) is 0. The van der Waals surface area contributed by atoms with Crippen molar-refractivity contribution < 1.29 is 14.7 Å². The predicted molar refractivity (Wildman–Crippen MR) is 76.6 cm³/mol. The van der Waals surface area contributed by atoms with Gasteiger partial charge in [0.25, 0.3) is 0 Å². The topological polar surface area (TPSA) is 66.4 Å². The molecule has 0 aliphatic heterocycles. The zero-order chi connectivity index (χ0) is 14.3. The molecule has 0 saturated carbocycles. The van der Waals surface area contributed by atoms with Crippen molar-refractivity contribution >= 4 is 23.6 Å². The molecule has 0 bridgehead atoms.